The molecular formula is C7H13N3O. The summed E-state index contributed by atoms with van der Waals surface area (Å²) < 4.78 is 0. The molecule has 0 bridgehead atoms. The maximum atomic E-state index is 10.5. The summed E-state index contributed by atoms with van der Waals surface area (Å²) in [6.07, 6.45) is 1.27. The zero-order valence-electron chi connectivity index (χ0n) is 6.63. The molecule has 3 N–H and O–H groups in total. The van der Waals surface area contributed by atoms with E-state index in [-0.39, 0.29) is 11.9 Å². The van der Waals surface area contributed by atoms with Crippen LogP contribution in [0.3, 0.4) is 0 Å². The predicted molar refractivity (Wildman–Crippen MR) is 41.5 cm³/mol. The van der Waals surface area contributed by atoms with Crippen molar-refractivity contribution in [1.29, 1.82) is 5.26 Å². The Morgan fingerprint density at radius 3 is 2.91 bits per heavy atom. The second-order valence-corrected chi connectivity index (χ2v) is 2.34. The van der Waals surface area contributed by atoms with Gasteiger partial charge in [-0.1, -0.05) is 0 Å². The van der Waals surface area contributed by atoms with E-state index in [0.29, 0.717) is 13.0 Å². The minimum atomic E-state index is -0.359. The first kappa shape index (κ1) is 9.92. The van der Waals surface area contributed by atoms with Crippen LogP contribution in [-0.4, -0.2) is 18.5 Å². The van der Waals surface area contributed by atoms with Crippen LogP contribution in [0.2, 0.25) is 0 Å². The second-order valence-electron chi connectivity index (χ2n) is 2.34. The summed E-state index contributed by atoms with van der Waals surface area (Å²) in [7, 11) is 0. The molecule has 4 heteroatoms. The molecule has 0 aromatic rings. The number of rotatable bonds is 5. The monoisotopic (exact) mass is 155 g/mol. The van der Waals surface area contributed by atoms with Crippen molar-refractivity contribution in [2.24, 2.45) is 5.73 Å². The molecule has 1 unspecified atom stereocenters. The number of nitrogens with one attached hydrogen (secondary N) is 1. The van der Waals surface area contributed by atoms with Gasteiger partial charge in [0.25, 0.3) is 0 Å². The SMILES string of the molecule is CC(NCCCC#N)C(N)=O. The summed E-state index contributed by atoms with van der Waals surface area (Å²) in [4.78, 5) is 10.5. The molecule has 0 heterocycles. The Morgan fingerprint density at radius 2 is 2.45 bits per heavy atom. The molecule has 1 atom stereocenters. The van der Waals surface area contributed by atoms with Gasteiger partial charge < -0.3 is 11.1 Å². The molecule has 0 aliphatic carbocycles. The summed E-state index contributed by atoms with van der Waals surface area (Å²) in [6, 6.07) is 1.72. The third kappa shape index (κ3) is 5.37. The first-order valence-electron chi connectivity index (χ1n) is 3.58. The lowest BCUT2D eigenvalue weighted by Gasteiger charge is -2.07. The van der Waals surface area contributed by atoms with Crippen molar-refractivity contribution in [3.05, 3.63) is 0 Å². The van der Waals surface area contributed by atoms with Gasteiger partial charge in [0, 0.05) is 6.42 Å². The molecule has 0 saturated carbocycles. The number of hydrogen-bond acceptors (Lipinski definition) is 3. The zero-order valence-corrected chi connectivity index (χ0v) is 6.63. The van der Waals surface area contributed by atoms with Gasteiger partial charge in [0.15, 0.2) is 0 Å². The fraction of sp³-hybridized carbons (Fsp3) is 0.714. The lowest BCUT2D eigenvalue weighted by atomic mass is 10.3. The highest BCUT2D eigenvalue weighted by Gasteiger charge is 2.05. The molecule has 0 aliphatic heterocycles. The van der Waals surface area contributed by atoms with Gasteiger partial charge in [0.2, 0.25) is 5.91 Å². The molecule has 0 radical (unpaired) electrons. The summed E-state index contributed by atoms with van der Waals surface area (Å²) in [6.45, 7) is 2.37. The van der Waals surface area contributed by atoms with Crippen LogP contribution in [0, 0.1) is 11.3 Å². The maximum absolute atomic E-state index is 10.5. The Morgan fingerprint density at radius 1 is 1.82 bits per heavy atom. The van der Waals surface area contributed by atoms with Crippen molar-refractivity contribution >= 4 is 5.91 Å². The van der Waals surface area contributed by atoms with Crippen molar-refractivity contribution in [3.8, 4) is 6.07 Å². The number of unbranched alkanes of at least 4 members (excludes halogenated alkanes) is 1. The Bertz CT molecular complexity index is 162. The highest BCUT2D eigenvalue weighted by Crippen LogP contribution is 1.85. The van der Waals surface area contributed by atoms with E-state index in [1.807, 2.05) is 6.07 Å². The molecule has 0 aromatic heterocycles. The van der Waals surface area contributed by atoms with E-state index in [4.69, 9.17) is 11.0 Å². The summed E-state index contributed by atoms with van der Waals surface area (Å²) in [5, 5.41) is 11.1. The van der Waals surface area contributed by atoms with E-state index in [0.717, 1.165) is 6.42 Å². The number of hydrogen-bond donors (Lipinski definition) is 2. The standard InChI is InChI=1S/C7H13N3O/c1-6(7(9)11)10-5-3-2-4-8/h6,10H,2-3,5H2,1H3,(H2,9,11). The second kappa shape index (κ2) is 5.69. The van der Waals surface area contributed by atoms with Crippen LogP contribution in [0.1, 0.15) is 19.8 Å². The average molecular weight is 155 g/mol. The van der Waals surface area contributed by atoms with Crippen molar-refractivity contribution < 1.29 is 4.79 Å². The van der Waals surface area contributed by atoms with Gasteiger partial charge in [-0.05, 0) is 19.9 Å². The number of nitrogens with two attached hydrogens (primary N) is 1. The molecule has 0 rings (SSSR count). The first-order chi connectivity index (χ1) is 5.18. The number of amides is 1. The molecule has 4 nitrogen and oxygen atoms in total. The topological polar surface area (TPSA) is 78.9 Å². The van der Waals surface area contributed by atoms with E-state index in [1.165, 1.54) is 0 Å². The van der Waals surface area contributed by atoms with Crippen LogP contribution in [-0.2, 0) is 4.79 Å². The van der Waals surface area contributed by atoms with E-state index < -0.39 is 0 Å². The molecule has 1 amide bonds. The highest BCUT2D eigenvalue weighted by molar-refractivity contribution is 5.79. The minimum Gasteiger partial charge on any atom is -0.368 e. The summed E-state index contributed by atoms with van der Waals surface area (Å²) in [5.74, 6) is -0.359. The predicted octanol–water partition coefficient (Wildman–Crippen LogP) is -0.246. The van der Waals surface area contributed by atoms with E-state index in [1.54, 1.807) is 6.92 Å². The summed E-state index contributed by atoms with van der Waals surface area (Å²) >= 11 is 0. The Hall–Kier alpha value is -1.08. The Kier molecular flexibility index (Phi) is 5.13. The number of carbonyl (C=O) groups is 1. The van der Waals surface area contributed by atoms with Gasteiger partial charge in [0.05, 0.1) is 12.1 Å². The fourth-order valence-electron chi connectivity index (χ4n) is 0.587. The van der Waals surface area contributed by atoms with Crippen LogP contribution < -0.4 is 11.1 Å². The smallest absolute Gasteiger partial charge is 0.234 e. The van der Waals surface area contributed by atoms with Crippen molar-refractivity contribution in [2.45, 2.75) is 25.8 Å². The fourth-order valence-corrected chi connectivity index (χ4v) is 0.587. The van der Waals surface area contributed by atoms with Crippen molar-refractivity contribution in [2.75, 3.05) is 6.54 Å². The van der Waals surface area contributed by atoms with Crippen LogP contribution in [0.5, 0.6) is 0 Å². The lowest BCUT2D eigenvalue weighted by molar-refractivity contribution is -0.119. The first-order valence-corrected chi connectivity index (χ1v) is 3.58. The van der Waals surface area contributed by atoms with Gasteiger partial charge in [-0.15, -0.1) is 0 Å². The number of nitriles is 1. The number of nitrogens with zero attached hydrogens (tertiary/aromatic N) is 1. The molecule has 62 valence electrons. The third-order valence-corrected chi connectivity index (χ3v) is 1.34. The zero-order chi connectivity index (χ0) is 8.69. The molecule has 0 aromatic carbocycles. The number of carbonyl (C=O) groups excluding carboxylic acids is 1. The van der Waals surface area contributed by atoms with Gasteiger partial charge in [-0.3, -0.25) is 4.79 Å². The normalized spacial score (nSPS) is 12.0. The van der Waals surface area contributed by atoms with E-state index in [9.17, 15) is 4.79 Å². The van der Waals surface area contributed by atoms with Crippen LogP contribution >= 0.6 is 0 Å². The molecule has 0 fully saturated rings. The quantitative estimate of drug-likeness (QED) is 0.537. The molecule has 0 saturated heterocycles. The van der Waals surface area contributed by atoms with Gasteiger partial charge in [0.1, 0.15) is 0 Å². The molecule has 11 heavy (non-hydrogen) atoms. The van der Waals surface area contributed by atoms with E-state index >= 15 is 0 Å². The summed E-state index contributed by atoms with van der Waals surface area (Å²) in [5.41, 5.74) is 4.98. The molecule has 0 aliphatic rings. The largest absolute Gasteiger partial charge is 0.368 e. The average Bonchev–Trinajstić information content (AvgIpc) is 1.97. The minimum absolute atomic E-state index is 0.298. The maximum Gasteiger partial charge on any atom is 0.234 e. The third-order valence-electron chi connectivity index (χ3n) is 1.34. The lowest BCUT2D eigenvalue weighted by Crippen LogP contribution is -2.39. The van der Waals surface area contributed by atoms with Crippen molar-refractivity contribution in [1.82, 2.24) is 5.32 Å². The highest BCUT2D eigenvalue weighted by atomic mass is 16.1. The van der Waals surface area contributed by atoms with Gasteiger partial charge in [-0.2, -0.15) is 5.26 Å². The van der Waals surface area contributed by atoms with Gasteiger partial charge >= 0.3 is 0 Å². The van der Waals surface area contributed by atoms with Gasteiger partial charge in [-0.25, -0.2) is 0 Å². The van der Waals surface area contributed by atoms with Crippen LogP contribution in [0.25, 0.3) is 0 Å². The van der Waals surface area contributed by atoms with Crippen LogP contribution in [0.15, 0.2) is 0 Å². The number of primary amides is 1. The molecular weight excluding hydrogens is 142 g/mol. The van der Waals surface area contributed by atoms with Crippen molar-refractivity contribution in [3.63, 3.8) is 0 Å². The Labute approximate surface area is 66.4 Å². The van der Waals surface area contributed by atoms with Crippen LogP contribution in [0.4, 0.5) is 0 Å². The Balaban J connectivity index is 3.26. The molecule has 0 spiro atoms. The van der Waals surface area contributed by atoms with E-state index in [2.05, 4.69) is 5.32 Å².